The number of hydrogen-bond donors (Lipinski definition) is 1. The van der Waals surface area contributed by atoms with Crippen LogP contribution < -0.4 is 4.72 Å². The molecule has 6 nitrogen and oxygen atoms in total. The Labute approximate surface area is 221 Å². The topological polar surface area (TPSA) is 75.2 Å². The third-order valence-corrected chi connectivity index (χ3v) is 9.04. The number of hydrogen-bond acceptors (Lipinski definition) is 6. The predicted molar refractivity (Wildman–Crippen MR) is 137 cm³/mol. The Kier molecular flexibility index (Phi) is 7.21. The maximum Gasteiger partial charge on any atom is 0.265 e. The summed E-state index contributed by atoms with van der Waals surface area (Å²) in [4.78, 5) is 10.1. The number of piperidine rings is 1. The van der Waals surface area contributed by atoms with Gasteiger partial charge in [-0.15, -0.1) is 11.3 Å². The summed E-state index contributed by atoms with van der Waals surface area (Å²) in [6, 6.07) is 7.40. The largest absolute Gasteiger partial charge is 0.306 e. The summed E-state index contributed by atoms with van der Waals surface area (Å²) < 4.78 is 86.0. The molecule has 0 atom stereocenters. The van der Waals surface area contributed by atoms with Crippen LogP contribution in [0.4, 0.5) is 23.2 Å². The van der Waals surface area contributed by atoms with Gasteiger partial charge in [-0.3, -0.25) is 9.71 Å². The molecule has 12 heteroatoms. The summed E-state index contributed by atoms with van der Waals surface area (Å²) >= 11 is 1.26. The quantitative estimate of drug-likeness (QED) is 0.290. The van der Waals surface area contributed by atoms with Crippen LogP contribution in [0, 0.1) is 23.3 Å². The van der Waals surface area contributed by atoms with Crippen molar-refractivity contribution < 1.29 is 26.0 Å². The Balaban J connectivity index is 1.59. The van der Waals surface area contributed by atoms with Gasteiger partial charge in [-0.25, -0.2) is 31.0 Å². The first-order valence-corrected chi connectivity index (χ1v) is 14.0. The second-order valence-corrected chi connectivity index (χ2v) is 11.7. The smallest absolute Gasteiger partial charge is 0.265 e. The number of benzene rings is 2. The zero-order valence-corrected chi connectivity index (χ0v) is 21.7. The summed E-state index contributed by atoms with van der Waals surface area (Å²) in [5.41, 5.74) is -0.198. The fourth-order valence-electron chi connectivity index (χ4n) is 4.37. The molecule has 0 saturated carbocycles. The molecule has 38 heavy (non-hydrogen) atoms. The Morgan fingerprint density at radius 2 is 1.76 bits per heavy atom. The van der Waals surface area contributed by atoms with Crippen molar-refractivity contribution in [2.24, 2.45) is 0 Å². The van der Waals surface area contributed by atoms with Crippen molar-refractivity contribution in [2.45, 2.75) is 23.7 Å². The first kappa shape index (κ1) is 26.3. The van der Waals surface area contributed by atoms with Gasteiger partial charge < -0.3 is 4.90 Å². The van der Waals surface area contributed by atoms with Crippen LogP contribution in [0.1, 0.15) is 23.8 Å². The van der Waals surface area contributed by atoms with Crippen LogP contribution in [-0.4, -0.2) is 43.4 Å². The predicted octanol–water partition coefficient (Wildman–Crippen LogP) is 6.04. The van der Waals surface area contributed by atoms with Crippen LogP contribution in [0.5, 0.6) is 0 Å². The number of likely N-dealkylation sites (tertiary alicyclic amines) is 1. The second kappa shape index (κ2) is 10.4. The number of nitrogens with one attached hydrogen (secondary N) is 1. The standard InChI is InChI=1S/C26H22F4N4O2S2/c1-34-11-8-15(9-12-34)26-32-24(25(37-26)17-7-10-31-14-20(17)29)18-3-2-4-21(23(18)30)33-38(35,36)22-13-16(27)5-6-19(22)28/h2-7,10,13-15,33H,8-9,11-12H2,1H3. The lowest BCUT2D eigenvalue weighted by Crippen LogP contribution is -2.29. The molecule has 2 aromatic heterocycles. The fraction of sp³-hybridized carbons (Fsp3) is 0.231. The van der Waals surface area contributed by atoms with Crippen molar-refractivity contribution >= 4 is 27.0 Å². The van der Waals surface area contributed by atoms with E-state index in [0.29, 0.717) is 17.0 Å². The minimum Gasteiger partial charge on any atom is -0.306 e. The average molecular weight is 563 g/mol. The zero-order chi connectivity index (χ0) is 27.0. The highest BCUT2D eigenvalue weighted by Gasteiger charge is 2.28. The zero-order valence-electron chi connectivity index (χ0n) is 20.1. The number of pyridine rings is 1. The lowest BCUT2D eigenvalue weighted by atomic mass is 9.98. The van der Waals surface area contributed by atoms with Gasteiger partial charge in [-0.1, -0.05) is 6.07 Å². The van der Waals surface area contributed by atoms with Crippen LogP contribution in [0.25, 0.3) is 21.7 Å². The maximum atomic E-state index is 15.8. The van der Waals surface area contributed by atoms with Crippen molar-refractivity contribution in [2.75, 3.05) is 24.9 Å². The first-order chi connectivity index (χ1) is 18.1. The SMILES string of the molecule is CN1CCC(c2nc(-c3cccc(NS(=O)(=O)c4cc(F)ccc4F)c3F)c(-c3ccncc3F)s2)CC1. The molecule has 0 unspecified atom stereocenters. The van der Waals surface area contributed by atoms with E-state index >= 15 is 4.39 Å². The average Bonchev–Trinajstić information content (AvgIpc) is 3.32. The van der Waals surface area contributed by atoms with Gasteiger partial charge in [-0.05, 0) is 69.4 Å². The number of thiazole rings is 1. The van der Waals surface area contributed by atoms with E-state index in [1.165, 1.54) is 35.7 Å². The highest BCUT2D eigenvalue weighted by molar-refractivity contribution is 7.92. The molecule has 1 fully saturated rings. The number of anilines is 1. The van der Waals surface area contributed by atoms with Crippen LogP contribution in [-0.2, 0) is 10.0 Å². The number of nitrogens with zero attached hydrogens (tertiary/aromatic N) is 3. The summed E-state index contributed by atoms with van der Waals surface area (Å²) in [6.07, 6.45) is 4.15. The normalized spacial score (nSPS) is 15.1. The van der Waals surface area contributed by atoms with Gasteiger partial charge in [0.1, 0.15) is 22.3 Å². The molecule has 4 aromatic rings. The summed E-state index contributed by atoms with van der Waals surface area (Å²) in [6.45, 7) is 1.72. The van der Waals surface area contributed by atoms with Gasteiger partial charge in [0.05, 0.1) is 27.5 Å². The monoisotopic (exact) mass is 562 g/mol. The molecule has 2 aromatic carbocycles. The first-order valence-electron chi connectivity index (χ1n) is 11.7. The maximum absolute atomic E-state index is 15.8. The molecular formula is C26H22F4N4O2S2. The molecule has 198 valence electrons. The molecule has 0 amide bonds. The summed E-state index contributed by atoms with van der Waals surface area (Å²) in [5, 5.41) is 0.728. The lowest BCUT2D eigenvalue weighted by Gasteiger charge is -2.27. The van der Waals surface area contributed by atoms with Gasteiger partial charge in [0.15, 0.2) is 5.82 Å². The van der Waals surface area contributed by atoms with E-state index in [0.717, 1.165) is 49.3 Å². The van der Waals surface area contributed by atoms with Gasteiger partial charge in [-0.2, -0.15) is 0 Å². The Bertz CT molecular complexity index is 1600. The van der Waals surface area contributed by atoms with Gasteiger partial charge in [0.2, 0.25) is 0 Å². The van der Waals surface area contributed by atoms with E-state index < -0.39 is 43.9 Å². The van der Waals surface area contributed by atoms with Gasteiger partial charge >= 0.3 is 0 Å². The molecule has 3 heterocycles. The van der Waals surface area contributed by atoms with Crippen molar-refractivity contribution in [1.29, 1.82) is 0 Å². The fourth-order valence-corrected chi connectivity index (χ4v) is 6.79. The van der Waals surface area contributed by atoms with Gasteiger partial charge in [0, 0.05) is 23.2 Å². The second-order valence-electron chi connectivity index (χ2n) is 9.01. The van der Waals surface area contributed by atoms with Crippen LogP contribution in [0.2, 0.25) is 0 Å². The molecule has 0 spiro atoms. The minimum absolute atomic E-state index is 0.0634. The van der Waals surface area contributed by atoms with Crippen LogP contribution in [0.3, 0.4) is 0 Å². The third-order valence-electron chi connectivity index (χ3n) is 6.41. The van der Waals surface area contributed by atoms with Crippen LogP contribution >= 0.6 is 11.3 Å². The molecule has 0 bridgehead atoms. The van der Waals surface area contributed by atoms with Gasteiger partial charge in [0.25, 0.3) is 10.0 Å². The number of rotatable bonds is 6. The van der Waals surface area contributed by atoms with Crippen molar-refractivity contribution in [3.8, 4) is 21.7 Å². The molecule has 1 aliphatic rings. The Hall–Kier alpha value is -3.35. The molecule has 1 saturated heterocycles. The molecule has 5 rings (SSSR count). The van der Waals surface area contributed by atoms with Crippen molar-refractivity contribution in [3.63, 3.8) is 0 Å². The number of halogens is 4. The Morgan fingerprint density at radius 1 is 1.00 bits per heavy atom. The van der Waals surface area contributed by atoms with Crippen LogP contribution in [0.15, 0.2) is 59.8 Å². The Morgan fingerprint density at radius 3 is 2.50 bits per heavy atom. The summed E-state index contributed by atoms with van der Waals surface area (Å²) in [5.74, 6) is -3.63. The highest BCUT2D eigenvalue weighted by Crippen LogP contribution is 2.43. The number of aromatic nitrogens is 2. The molecule has 1 aliphatic heterocycles. The third kappa shape index (κ3) is 5.16. The van der Waals surface area contributed by atoms with E-state index in [1.54, 1.807) is 0 Å². The van der Waals surface area contributed by atoms with E-state index in [2.05, 4.69) is 9.88 Å². The molecular weight excluding hydrogens is 540 g/mol. The van der Waals surface area contributed by atoms with E-state index in [-0.39, 0.29) is 22.7 Å². The van der Waals surface area contributed by atoms with Crippen molar-refractivity contribution in [3.05, 3.63) is 83.1 Å². The van der Waals surface area contributed by atoms with E-state index in [9.17, 15) is 21.6 Å². The molecule has 0 aliphatic carbocycles. The van der Waals surface area contributed by atoms with Crippen molar-refractivity contribution in [1.82, 2.24) is 14.9 Å². The molecule has 0 radical (unpaired) electrons. The number of sulfonamides is 1. The van der Waals surface area contributed by atoms with E-state index in [1.807, 2.05) is 11.8 Å². The van der Waals surface area contributed by atoms with E-state index in [4.69, 9.17) is 4.98 Å². The highest BCUT2D eigenvalue weighted by atomic mass is 32.2. The lowest BCUT2D eigenvalue weighted by molar-refractivity contribution is 0.255. The molecule has 1 N–H and O–H groups in total. The minimum atomic E-state index is -4.67. The summed E-state index contributed by atoms with van der Waals surface area (Å²) in [7, 11) is -2.64.